The number of aliphatic hydroxyl groups is 1. The molecule has 1 aliphatic rings. The number of pyridine rings is 1. The predicted molar refractivity (Wildman–Crippen MR) is 68.3 cm³/mol. The van der Waals surface area contributed by atoms with Gasteiger partial charge in [-0.05, 0) is 31.5 Å². The van der Waals surface area contributed by atoms with E-state index in [-0.39, 0.29) is 18.6 Å². The van der Waals surface area contributed by atoms with Crippen molar-refractivity contribution in [3.05, 3.63) is 29.6 Å². The highest BCUT2D eigenvalue weighted by Gasteiger charge is 2.26. The molecule has 1 aromatic rings. The maximum Gasteiger partial charge on any atom is 0.269 e. The highest BCUT2D eigenvalue weighted by Crippen LogP contribution is 2.30. The molecular weight excluding hydrogens is 230 g/mol. The number of aromatic nitrogens is 1. The lowest BCUT2D eigenvalue weighted by molar-refractivity contribution is 0.0957. The van der Waals surface area contributed by atoms with Crippen molar-refractivity contribution in [1.29, 1.82) is 0 Å². The molecule has 2 N–H and O–H groups in total. The Labute approximate surface area is 107 Å². The van der Waals surface area contributed by atoms with E-state index < -0.39 is 0 Å². The fourth-order valence-corrected chi connectivity index (χ4v) is 2.45. The summed E-state index contributed by atoms with van der Waals surface area (Å²) in [5, 5.41) is 11.6. The molecule has 0 aliphatic carbocycles. The minimum Gasteiger partial charge on any atom is -0.395 e. The molecule has 0 aromatic carbocycles. The van der Waals surface area contributed by atoms with Gasteiger partial charge in [-0.1, -0.05) is 6.07 Å². The predicted octanol–water partition coefficient (Wildman–Crippen LogP) is 0.570. The highest BCUT2D eigenvalue weighted by atomic mass is 16.3. The van der Waals surface area contributed by atoms with Crippen LogP contribution < -0.4 is 5.32 Å². The molecule has 1 saturated heterocycles. The van der Waals surface area contributed by atoms with Gasteiger partial charge in [0.2, 0.25) is 0 Å². The SMILES string of the molecule is CNC(=O)c1cccc([C@@H]2CCCN2CCO)n1. The van der Waals surface area contributed by atoms with Gasteiger partial charge in [-0.15, -0.1) is 0 Å². The van der Waals surface area contributed by atoms with E-state index >= 15 is 0 Å². The van der Waals surface area contributed by atoms with E-state index in [1.165, 1.54) is 0 Å². The lowest BCUT2D eigenvalue weighted by Gasteiger charge is -2.23. The van der Waals surface area contributed by atoms with Gasteiger partial charge in [0.05, 0.1) is 18.3 Å². The number of nitrogens with zero attached hydrogens (tertiary/aromatic N) is 2. The lowest BCUT2D eigenvalue weighted by atomic mass is 10.1. The number of likely N-dealkylation sites (tertiary alicyclic amines) is 1. The van der Waals surface area contributed by atoms with Gasteiger partial charge >= 0.3 is 0 Å². The van der Waals surface area contributed by atoms with E-state index in [0.717, 1.165) is 25.1 Å². The second-order valence-corrected chi connectivity index (χ2v) is 4.44. The largest absolute Gasteiger partial charge is 0.395 e. The van der Waals surface area contributed by atoms with E-state index in [2.05, 4.69) is 15.2 Å². The maximum absolute atomic E-state index is 11.6. The molecule has 1 fully saturated rings. The van der Waals surface area contributed by atoms with Gasteiger partial charge in [0.25, 0.3) is 5.91 Å². The molecule has 0 unspecified atom stereocenters. The highest BCUT2D eigenvalue weighted by molar-refractivity contribution is 5.91. The summed E-state index contributed by atoms with van der Waals surface area (Å²) in [5.41, 5.74) is 1.37. The topological polar surface area (TPSA) is 65.5 Å². The van der Waals surface area contributed by atoms with E-state index in [0.29, 0.717) is 12.2 Å². The average Bonchev–Trinajstić information content (AvgIpc) is 2.87. The minimum absolute atomic E-state index is 0.158. The van der Waals surface area contributed by atoms with Crippen molar-refractivity contribution < 1.29 is 9.90 Å². The number of aliphatic hydroxyl groups excluding tert-OH is 1. The Hall–Kier alpha value is -1.46. The quantitative estimate of drug-likeness (QED) is 0.819. The number of nitrogens with one attached hydrogen (secondary N) is 1. The third-order valence-electron chi connectivity index (χ3n) is 3.32. The van der Waals surface area contributed by atoms with Crippen molar-refractivity contribution in [3.8, 4) is 0 Å². The van der Waals surface area contributed by atoms with Crippen LogP contribution in [0.4, 0.5) is 0 Å². The van der Waals surface area contributed by atoms with Crippen molar-refractivity contribution in [2.45, 2.75) is 18.9 Å². The Kier molecular flexibility index (Phi) is 4.28. The number of rotatable bonds is 4. The standard InChI is InChI=1S/C13H19N3O2/c1-14-13(18)11-5-2-4-10(15-11)12-6-3-7-16(12)8-9-17/h2,4-5,12,17H,3,6-9H2,1H3,(H,14,18)/t12-/m0/s1. The molecule has 1 amide bonds. The second kappa shape index (κ2) is 5.93. The fourth-order valence-electron chi connectivity index (χ4n) is 2.45. The molecule has 2 rings (SSSR count). The maximum atomic E-state index is 11.6. The zero-order valence-corrected chi connectivity index (χ0v) is 10.6. The first kappa shape index (κ1) is 13.0. The molecule has 0 saturated carbocycles. The zero-order chi connectivity index (χ0) is 13.0. The van der Waals surface area contributed by atoms with Crippen molar-refractivity contribution in [2.75, 3.05) is 26.7 Å². The number of carbonyl (C=O) groups is 1. The van der Waals surface area contributed by atoms with E-state index in [9.17, 15) is 4.79 Å². The summed E-state index contributed by atoms with van der Waals surface area (Å²) in [6, 6.07) is 5.75. The van der Waals surface area contributed by atoms with Crippen molar-refractivity contribution in [2.24, 2.45) is 0 Å². The zero-order valence-electron chi connectivity index (χ0n) is 10.6. The van der Waals surface area contributed by atoms with E-state index in [4.69, 9.17) is 5.11 Å². The van der Waals surface area contributed by atoms with E-state index in [1.807, 2.05) is 12.1 Å². The number of carbonyl (C=O) groups excluding carboxylic acids is 1. The van der Waals surface area contributed by atoms with Crippen LogP contribution in [0, 0.1) is 0 Å². The Morgan fingerprint density at radius 3 is 3.17 bits per heavy atom. The second-order valence-electron chi connectivity index (χ2n) is 4.44. The molecule has 5 nitrogen and oxygen atoms in total. The van der Waals surface area contributed by atoms with Gasteiger partial charge in [0, 0.05) is 13.6 Å². The summed E-state index contributed by atoms with van der Waals surface area (Å²) < 4.78 is 0. The molecule has 0 spiro atoms. The third-order valence-corrected chi connectivity index (χ3v) is 3.32. The smallest absolute Gasteiger partial charge is 0.269 e. The van der Waals surface area contributed by atoms with E-state index in [1.54, 1.807) is 13.1 Å². The number of β-amino-alcohol motifs (C(OH)–C–C–N with tert-alkyl or cyclic N) is 1. The van der Waals surface area contributed by atoms with Crippen molar-refractivity contribution in [3.63, 3.8) is 0 Å². The molecule has 1 atom stereocenters. The van der Waals surface area contributed by atoms with Gasteiger partial charge in [-0.2, -0.15) is 0 Å². The third kappa shape index (κ3) is 2.68. The van der Waals surface area contributed by atoms with Gasteiger partial charge < -0.3 is 10.4 Å². The average molecular weight is 249 g/mol. The first-order valence-corrected chi connectivity index (χ1v) is 6.30. The summed E-state index contributed by atoms with van der Waals surface area (Å²) in [7, 11) is 1.60. The Morgan fingerprint density at radius 2 is 2.44 bits per heavy atom. The van der Waals surface area contributed by atoms with Gasteiger partial charge in [-0.25, -0.2) is 4.98 Å². The molecule has 98 valence electrons. The molecule has 1 aromatic heterocycles. The van der Waals surface area contributed by atoms with Crippen LogP contribution in [-0.2, 0) is 0 Å². The van der Waals surface area contributed by atoms with Crippen LogP contribution in [0.3, 0.4) is 0 Å². The first-order chi connectivity index (χ1) is 8.76. The fraction of sp³-hybridized carbons (Fsp3) is 0.538. The van der Waals surface area contributed by atoms with Crippen LogP contribution in [0.25, 0.3) is 0 Å². The molecule has 5 heteroatoms. The van der Waals surface area contributed by atoms with Crippen LogP contribution >= 0.6 is 0 Å². The summed E-state index contributed by atoms with van der Waals surface area (Å²) in [6.45, 7) is 1.80. The molecule has 18 heavy (non-hydrogen) atoms. The van der Waals surface area contributed by atoms with Crippen LogP contribution in [0.2, 0.25) is 0 Å². The molecule has 0 radical (unpaired) electrons. The summed E-state index contributed by atoms with van der Waals surface area (Å²) in [4.78, 5) is 18.2. The Bertz CT molecular complexity index is 422. The lowest BCUT2D eigenvalue weighted by Crippen LogP contribution is -2.27. The molecule has 1 aliphatic heterocycles. The molecular formula is C13H19N3O2. The van der Waals surface area contributed by atoms with Crippen LogP contribution in [0.5, 0.6) is 0 Å². The summed E-state index contributed by atoms with van der Waals surface area (Å²) in [5.74, 6) is -0.163. The van der Waals surface area contributed by atoms with Gasteiger partial charge in [0.15, 0.2) is 0 Å². The minimum atomic E-state index is -0.163. The number of amides is 1. The van der Waals surface area contributed by atoms with Gasteiger partial charge in [0.1, 0.15) is 5.69 Å². The molecule has 2 heterocycles. The summed E-state index contributed by atoms with van der Waals surface area (Å²) in [6.07, 6.45) is 2.14. The number of hydrogen-bond donors (Lipinski definition) is 2. The van der Waals surface area contributed by atoms with Crippen molar-refractivity contribution >= 4 is 5.91 Å². The van der Waals surface area contributed by atoms with Crippen LogP contribution in [0.1, 0.15) is 35.1 Å². The van der Waals surface area contributed by atoms with Crippen LogP contribution in [0.15, 0.2) is 18.2 Å². The Balaban J connectivity index is 2.19. The van der Waals surface area contributed by atoms with Crippen LogP contribution in [-0.4, -0.2) is 47.6 Å². The molecule has 0 bridgehead atoms. The monoisotopic (exact) mass is 249 g/mol. The summed E-state index contributed by atoms with van der Waals surface area (Å²) >= 11 is 0. The number of hydrogen-bond acceptors (Lipinski definition) is 4. The normalized spacial score (nSPS) is 20.0. The van der Waals surface area contributed by atoms with Gasteiger partial charge in [-0.3, -0.25) is 9.69 Å². The Morgan fingerprint density at radius 1 is 1.61 bits per heavy atom. The van der Waals surface area contributed by atoms with Crippen molar-refractivity contribution in [1.82, 2.24) is 15.2 Å². The first-order valence-electron chi connectivity index (χ1n) is 6.30.